The van der Waals surface area contributed by atoms with Crippen molar-refractivity contribution in [3.05, 3.63) is 51.9 Å². The van der Waals surface area contributed by atoms with Gasteiger partial charge in [0.2, 0.25) is 3.79 Å². The van der Waals surface area contributed by atoms with Gasteiger partial charge in [-0.1, -0.05) is 58.5 Å². The van der Waals surface area contributed by atoms with E-state index < -0.39 is 15.9 Å². The number of para-hydroxylation sites is 1. The molecule has 0 unspecified atom stereocenters. The van der Waals surface area contributed by atoms with E-state index in [1.54, 1.807) is 30.3 Å². The van der Waals surface area contributed by atoms with Gasteiger partial charge in [-0.05, 0) is 52.4 Å². The minimum Gasteiger partial charge on any atom is -0.444 e. The van der Waals surface area contributed by atoms with E-state index in [2.05, 4.69) is 31.9 Å². The molecule has 0 aliphatic heterocycles. The van der Waals surface area contributed by atoms with E-state index >= 15 is 0 Å². The second kappa shape index (κ2) is 8.79. The number of benzene rings is 1. The van der Waals surface area contributed by atoms with Gasteiger partial charge >= 0.3 is 0 Å². The van der Waals surface area contributed by atoms with Crippen molar-refractivity contribution in [2.24, 2.45) is 0 Å². The predicted octanol–water partition coefficient (Wildman–Crippen LogP) is 5.11. The molecule has 0 spiro atoms. The molecule has 3 N–H and O–H groups in total. The second-order valence-electron chi connectivity index (χ2n) is 4.63. The van der Waals surface area contributed by atoms with Crippen LogP contribution < -0.4 is 16.0 Å². The number of hydrogen-bond donors (Lipinski definition) is 3. The Morgan fingerprint density at radius 2 is 1.84 bits per heavy atom. The lowest BCUT2D eigenvalue weighted by Gasteiger charge is -2.27. The van der Waals surface area contributed by atoms with Crippen molar-refractivity contribution >= 4 is 91.3 Å². The molecule has 0 aliphatic rings. The van der Waals surface area contributed by atoms with Crippen LogP contribution >= 0.6 is 74.6 Å². The Morgan fingerprint density at radius 3 is 2.40 bits per heavy atom. The predicted molar refractivity (Wildman–Crippen MR) is 109 cm³/mol. The molecule has 1 aromatic heterocycles. The quantitative estimate of drug-likeness (QED) is 0.306. The summed E-state index contributed by atoms with van der Waals surface area (Å²) in [7, 11) is 0. The molecule has 0 aliphatic carbocycles. The maximum absolute atomic E-state index is 12.2. The molecule has 1 atom stereocenters. The lowest BCUT2D eigenvalue weighted by molar-refractivity contribution is 0.0905. The van der Waals surface area contributed by atoms with Crippen molar-refractivity contribution in [2.75, 3.05) is 5.32 Å². The Hall–Kier alpha value is -0.700. The smallest absolute Gasteiger partial charge is 0.288 e. The minimum atomic E-state index is -1.88. The van der Waals surface area contributed by atoms with Gasteiger partial charge in [-0.3, -0.25) is 4.79 Å². The summed E-state index contributed by atoms with van der Waals surface area (Å²) in [6.07, 6.45) is -1.13. The second-order valence-corrected chi connectivity index (χ2v) is 8.60. The number of halogens is 5. The standard InChI is InChI=1S/C14H10BrCl4N3O2S/c15-10-6-5-9(24-10)11(23)21-12(14(17,18)19)22-13(25)20-8-4-2-1-3-7(8)16/h1-6,12H,(H,21,23)(H2,20,22,25)/t12-/m0/s1. The molecule has 0 saturated heterocycles. The highest BCUT2D eigenvalue weighted by atomic mass is 79.9. The first-order valence-electron chi connectivity index (χ1n) is 6.62. The molecular formula is C14H10BrCl4N3O2S. The number of alkyl halides is 3. The Kier molecular flexibility index (Phi) is 7.25. The van der Waals surface area contributed by atoms with E-state index in [4.69, 9.17) is 63.0 Å². The van der Waals surface area contributed by atoms with Crippen LogP contribution in [0.2, 0.25) is 5.02 Å². The number of rotatable bonds is 4. The lowest BCUT2D eigenvalue weighted by Crippen LogP contribution is -2.56. The van der Waals surface area contributed by atoms with Gasteiger partial charge in [0.1, 0.15) is 6.17 Å². The number of thiocarbonyl (C=S) groups is 1. The molecule has 1 aromatic carbocycles. The third-order valence-electron chi connectivity index (χ3n) is 2.80. The van der Waals surface area contributed by atoms with Crippen molar-refractivity contribution in [3.8, 4) is 0 Å². The van der Waals surface area contributed by atoms with Crippen LogP contribution in [0, 0.1) is 0 Å². The summed E-state index contributed by atoms with van der Waals surface area (Å²) < 4.78 is 3.67. The van der Waals surface area contributed by atoms with Gasteiger partial charge in [0.15, 0.2) is 15.5 Å². The summed E-state index contributed by atoms with van der Waals surface area (Å²) in [6.45, 7) is 0. The summed E-state index contributed by atoms with van der Waals surface area (Å²) in [5, 5.41) is 8.64. The molecule has 5 nitrogen and oxygen atoms in total. The van der Waals surface area contributed by atoms with E-state index in [1.165, 1.54) is 6.07 Å². The Morgan fingerprint density at radius 1 is 1.16 bits per heavy atom. The van der Waals surface area contributed by atoms with Gasteiger partial charge in [-0.2, -0.15) is 0 Å². The van der Waals surface area contributed by atoms with Gasteiger partial charge in [-0.25, -0.2) is 0 Å². The van der Waals surface area contributed by atoms with Gasteiger partial charge < -0.3 is 20.4 Å². The first-order valence-corrected chi connectivity index (χ1v) is 9.33. The fourth-order valence-corrected chi connectivity index (χ4v) is 2.74. The molecule has 2 rings (SSSR count). The van der Waals surface area contributed by atoms with Crippen LogP contribution in [-0.4, -0.2) is 21.0 Å². The fraction of sp³-hybridized carbons (Fsp3) is 0.143. The SMILES string of the molecule is O=C(N[C@@H](NC(=S)Nc1ccccc1Cl)C(Cl)(Cl)Cl)c1ccc(Br)o1. The zero-order valence-electron chi connectivity index (χ0n) is 12.2. The van der Waals surface area contributed by atoms with E-state index in [9.17, 15) is 4.79 Å². The van der Waals surface area contributed by atoms with Crippen LogP contribution in [0.4, 0.5) is 5.69 Å². The van der Waals surface area contributed by atoms with Crippen LogP contribution in [0.1, 0.15) is 10.6 Å². The zero-order chi connectivity index (χ0) is 18.6. The molecule has 2 aromatic rings. The van der Waals surface area contributed by atoms with Crippen molar-refractivity contribution in [3.63, 3.8) is 0 Å². The molecule has 1 amide bonds. The number of nitrogens with one attached hydrogen (secondary N) is 3. The van der Waals surface area contributed by atoms with Crippen LogP contribution in [0.25, 0.3) is 0 Å². The third-order valence-corrected chi connectivity index (χ3v) is 4.43. The average Bonchev–Trinajstić information content (AvgIpc) is 2.94. The Balaban J connectivity index is 2.06. The molecule has 11 heteroatoms. The number of furan rings is 1. The van der Waals surface area contributed by atoms with Crippen molar-refractivity contribution in [2.45, 2.75) is 9.96 Å². The normalized spacial score (nSPS) is 12.4. The largest absolute Gasteiger partial charge is 0.444 e. The first-order chi connectivity index (χ1) is 11.7. The Labute approximate surface area is 177 Å². The average molecular weight is 506 g/mol. The fourth-order valence-electron chi connectivity index (χ4n) is 1.69. The molecule has 1 heterocycles. The molecule has 134 valence electrons. The summed E-state index contributed by atoms with van der Waals surface area (Å²) in [5.41, 5.74) is 0.561. The summed E-state index contributed by atoms with van der Waals surface area (Å²) in [4.78, 5) is 12.2. The maximum atomic E-state index is 12.2. The van der Waals surface area contributed by atoms with Crippen LogP contribution in [0.5, 0.6) is 0 Å². The van der Waals surface area contributed by atoms with Gasteiger partial charge in [-0.15, -0.1) is 0 Å². The van der Waals surface area contributed by atoms with E-state index in [1.807, 2.05) is 0 Å². The van der Waals surface area contributed by atoms with Crippen LogP contribution in [0.15, 0.2) is 45.5 Å². The van der Waals surface area contributed by atoms with Gasteiger partial charge in [0.05, 0.1) is 10.7 Å². The highest BCUT2D eigenvalue weighted by Crippen LogP contribution is 2.29. The molecule has 0 bridgehead atoms. The molecule has 0 saturated carbocycles. The summed E-state index contributed by atoms with van der Waals surface area (Å²) in [6, 6.07) is 10.00. The monoisotopic (exact) mass is 503 g/mol. The maximum Gasteiger partial charge on any atom is 0.288 e. The zero-order valence-corrected chi connectivity index (χ0v) is 17.6. The highest BCUT2D eigenvalue weighted by molar-refractivity contribution is 9.10. The van der Waals surface area contributed by atoms with Crippen LogP contribution in [-0.2, 0) is 0 Å². The van der Waals surface area contributed by atoms with E-state index in [0.717, 1.165) is 0 Å². The summed E-state index contributed by atoms with van der Waals surface area (Å²) in [5.74, 6) is -0.548. The molecule has 0 fully saturated rings. The van der Waals surface area contributed by atoms with E-state index in [-0.39, 0.29) is 10.9 Å². The minimum absolute atomic E-state index is 0.0397. The van der Waals surface area contributed by atoms with Crippen LogP contribution in [0.3, 0.4) is 0 Å². The van der Waals surface area contributed by atoms with Crippen molar-refractivity contribution < 1.29 is 9.21 Å². The molecule has 25 heavy (non-hydrogen) atoms. The summed E-state index contributed by atoms with van der Waals surface area (Å²) >= 11 is 32.1. The number of hydrogen-bond acceptors (Lipinski definition) is 3. The topological polar surface area (TPSA) is 66.3 Å². The van der Waals surface area contributed by atoms with Crippen molar-refractivity contribution in [1.82, 2.24) is 10.6 Å². The number of amides is 1. The highest BCUT2D eigenvalue weighted by Gasteiger charge is 2.35. The Bertz CT molecular complexity index is 781. The third kappa shape index (κ3) is 6.20. The van der Waals surface area contributed by atoms with Gasteiger partial charge in [0.25, 0.3) is 5.91 Å². The van der Waals surface area contributed by atoms with Gasteiger partial charge in [0, 0.05) is 0 Å². The first kappa shape index (κ1) is 20.6. The lowest BCUT2D eigenvalue weighted by atomic mass is 10.3. The number of carbonyl (C=O) groups excluding carboxylic acids is 1. The molecule has 0 radical (unpaired) electrons. The molecular weight excluding hydrogens is 496 g/mol. The number of anilines is 1. The van der Waals surface area contributed by atoms with Crippen molar-refractivity contribution in [1.29, 1.82) is 0 Å². The number of carbonyl (C=O) groups is 1. The van der Waals surface area contributed by atoms with E-state index in [0.29, 0.717) is 15.4 Å².